The van der Waals surface area contributed by atoms with Crippen LogP contribution < -0.4 is 4.74 Å². The molecule has 2 saturated heterocycles. The molecular formula is C19H28N2O3. The van der Waals surface area contributed by atoms with Crippen LogP contribution in [0, 0.1) is 0 Å². The Balaban J connectivity index is 1.49. The average Bonchev–Trinajstić information content (AvgIpc) is 3.02. The van der Waals surface area contributed by atoms with Crippen molar-refractivity contribution in [1.29, 1.82) is 0 Å². The lowest BCUT2D eigenvalue weighted by atomic mass is 9.96. The summed E-state index contributed by atoms with van der Waals surface area (Å²) in [5.74, 6) is 0.974. The van der Waals surface area contributed by atoms with Gasteiger partial charge in [0.1, 0.15) is 18.0 Å². The fourth-order valence-corrected chi connectivity index (χ4v) is 3.54. The largest absolute Gasteiger partial charge is 0.491 e. The minimum atomic E-state index is -0.849. The molecule has 1 unspecified atom stereocenters. The van der Waals surface area contributed by atoms with Gasteiger partial charge in [0.05, 0.1) is 6.54 Å². The SMILES string of the molecule is O=C(CN1CCCC1)N1CCCC(O)(COc2ccccc2)CC1. The third kappa shape index (κ3) is 4.71. The molecule has 5 nitrogen and oxygen atoms in total. The Kier molecular flexibility index (Phi) is 5.74. The second-order valence-corrected chi connectivity index (χ2v) is 7.04. The third-order valence-electron chi connectivity index (χ3n) is 5.08. The minimum Gasteiger partial charge on any atom is -0.491 e. The first-order chi connectivity index (χ1) is 11.6. The predicted molar refractivity (Wildman–Crippen MR) is 93.0 cm³/mol. The number of nitrogens with zero attached hydrogens (tertiary/aromatic N) is 2. The number of para-hydroxylation sites is 1. The topological polar surface area (TPSA) is 53.0 Å². The Morgan fingerprint density at radius 2 is 1.79 bits per heavy atom. The molecule has 2 heterocycles. The van der Waals surface area contributed by atoms with E-state index in [-0.39, 0.29) is 12.5 Å². The first-order valence-electron chi connectivity index (χ1n) is 9.05. The smallest absolute Gasteiger partial charge is 0.236 e. The molecule has 1 aromatic carbocycles. The van der Waals surface area contributed by atoms with Gasteiger partial charge in [-0.15, -0.1) is 0 Å². The first-order valence-corrected chi connectivity index (χ1v) is 9.05. The molecule has 2 fully saturated rings. The Morgan fingerprint density at radius 3 is 2.54 bits per heavy atom. The number of carbonyl (C=O) groups is 1. The van der Waals surface area contributed by atoms with E-state index in [0.717, 1.165) is 31.8 Å². The summed E-state index contributed by atoms with van der Waals surface area (Å²) in [7, 11) is 0. The van der Waals surface area contributed by atoms with Gasteiger partial charge in [-0.3, -0.25) is 9.69 Å². The van der Waals surface area contributed by atoms with E-state index in [1.807, 2.05) is 35.2 Å². The highest BCUT2D eigenvalue weighted by Crippen LogP contribution is 2.24. The van der Waals surface area contributed by atoms with Crippen LogP contribution in [0.4, 0.5) is 0 Å². The van der Waals surface area contributed by atoms with Gasteiger partial charge in [-0.2, -0.15) is 0 Å². The van der Waals surface area contributed by atoms with Crippen molar-refractivity contribution >= 4 is 5.91 Å². The van der Waals surface area contributed by atoms with Gasteiger partial charge in [-0.25, -0.2) is 0 Å². The predicted octanol–water partition coefficient (Wildman–Crippen LogP) is 1.90. The Morgan fingerprint density at radius 1 is 1.04 bits per heavy atom. The lowest BCUT2D eigenvalue weighted by Gasteiger charge is -2.27. The van der Waals surface area contributed by atoms with Gasteiger partial charge in [-0.1, -0.05) is 18.2 Å². The van der Waals surface area contributed by atoms with E-state index in [0.29, 0.717) is 25.9 Å². The number of carbonyl (C=O) groups excluding carboxylic acids is 1. The number of likely N-dealkylation sites (tertiary alicyclic amines) is 2. The Hall–Kier alpha value is -1.59. The molecule has 24 heavy (non-hydrogen) atoms. The van der Waals surface area contributed by atoms with Gasteiger partial charge in [0, 0.05) is 13.1 Å². The molecule has 0 aromatic heterocycles. The fourth-order valence-electron chi connectivity index (χ4n) is 3.54. The van der Waals surface area contributed by atoms with Crippen molar-refractivity contribution in [3.8, 4) is 5.75 Å². The highest BCUT2D eigenvalue weighted by molar-refractivity contribution is 5.78. The van der Waals surface area contributed by atoms with Crippen molar-refractivity contribution in [2.75, 3.05) is 39.3 Å². The quantitative estimate of drug-likeness (QED) is 0.895. The van der Waals surface area contributed by atoms with Crippen molar-refractivity contribution in [3.63, 3.8) is 0 Å². The summed E-state index contributed by atoms with van der Waals surface area (Å²) in [6.07, 6.45) is 4.47. The van der Waals surface area contributed by atoms with E-state index in [4.69, 9.17) is 4.74 Å². The number of ether oxygens (including phenoxy) is 1. The summed E-state index contributed by atoms with van der Waals surface area (Å²) in [6, 6.07) is 9.57. The van der Waals surface area contributed by atoms with Gasteiger partial charge >= 0.3 is 0 Å². The maximum Gasteiger partial charge on any atom is 0.236 e. The lowest BCUT2D eigenvalue weighted by molar-refractivity contribution is -0.132. The van der Waals surface area contributed by atoms with Gasteiger partial charge in [-0.05, 0) is 57.3 Å². The van der Waals surface area contributed by atoms with E-state index in [1.165, 1.54) is 12.8 Å². The zero-order chi connectivity index (χ0) is 16.8. The Labute approximate surface area is 144 Å². The van der Waals surface area contributed by atoms with Crippen LogP contribution >= 0.6 is 0 Å². The molecule has 1 amide bonds. The summed E-state index contributed by atoms with van der Waals surface area (Å²) in [5.41, 5.74) is -0.849. The number of rotatable bonds is 5. The molecular weight excluding hydrogens is 304 g/mol. The number of aliphatic hydroxyl groups is 1. The molecule has 2 aliphatic heterocycles. The van der Waals surface area contributed by atoms with Crippen molar-refractivity contribution < 1.29 is 14.6 Å². The molecule has 1 N–H and O–H groups in total. The summed E-state index contributed by atoms with van der Waals surface area (Å²) < 4.78 is 5.75. The minimum absolute atomic E-state index is 0.199. The van der Waals surface area contributed by atoms with Crippen molar-refractivity contribution in [2.45, 2.75) is 37.7 Å². The molecule has 2 aliphatic rings. The highest BCUT2D eigenvalue weighted by atomic mass is 16.5. The third-order valence-corrected chi connectivity index (χ3v) is 5.08. The molecule has 0 bridgehead atoms. The number of benzene rings is 1. The van der Waals surface area contributed by atoms with Crippen LogP contribution in [-0.2, 0) is 4.79 Å². The molecule has 1 aromatic rings. The first kappa shape index (κ1) is 17.2. The number of hydrogen-bond donors (Lipinski definition) is 1. The average molecular weight is 332 g/mol. The Bertz CT molecular complexity index is 531. The molecule has 5 heteroatoms. The number of hydrogen-bond acceptors (Lipinski definition) is 4. The van der Waals surface area contributed by atoms with Crippen LogP contribution in [0.1, 0.15) is 32.1 Å². The van der Waals surface area contributed by atoms with E-state index in [2.05, 4.69) is 4.90 Å². The van der Waals surface area contributed by atoms with Gasteiger partial charge in [0.25, 0.3) is 0 Å². The van der Waals surface area contributed by atoms with Crippen LogP contribution in [0.3, 0.4) is 0 Å². The van der Waals surface area contributed by atoms with Crippen LogP contribution in [0.5, 0.6) is 5.75 Å². The van der Waals surface area contributed by atoms with E-state index in [9.17, 15) is 9.90 Å². The normalized spacial score (nSPS) is 25.5. The van der Waals surface area contributed by atoms with Crippen molar-refractivity contribution in [1.82, 2.24) is 9.80 Å². The summed E-state index contributed by atoms with van der Waals surface area (Å²) in [5, 5.41) is 10.8. The zero-order valence-electron chi connectivity index (χ0n) is 14.3. The van der Waals surface area contributed by atoms with Crippen molar-refractivity contribution in [3.05, 3.63) is 30.3 Å². The lowest BCUT2D eigenvalue weighted by Crippen LogP contribution is -2.41. The van der Waals surface area contributed by atoms with Gasteiger partial charge < -0.3 is 14.7 Å². The van der Waals surface area contributed by atoms with Crippen molar-refractivity contribution in [2.24, 2.45) is 0 Å². The molecule has 0 radical (unpaired) electrons. The standard InChI is InChI=1S/C19H28N2O3/c22-18(15-20-11-4-5-12-20)21-13-6-9-19(23,10-14-21)16-24-17-7-2-1-3-8-17/h1-3,7-8,23H,4-6,9-16H2. The second kappa shape index (κ2) is 7.99. The highest BCUT2D eigenvalue weighted by Gasteiger charge is 2.32. The molecule has 132 valence electrons. The summed E-state index contributed by atoms with van der Waals surface area (Å²) in [4.78, 5) is 16.6. The summed E-state index contributed by atoms with van der Waals surface area (Å²) >= 11 is 0. The summed E-state index contributed by atoms with van der Waals surface area (Å²) in [6.45, 7) is 4.23. The van der Waals surface area contributed by atoms with E-state index in [1.54, 1.807) is 0 Å². The molecule has 0 spiro atoms. The van der Waals surface area contributed by atoms with Crippen LogP contribution in [0.15, 0.2) is 30.3 Å². The molecule has 1 atom stereocenters. The van der Waals surface area contributed by atoms with Gasteiger partial charge in [0.15, 0.2) is 0 Å². The zero-order valence-corrected chi connectivity index (χ0v) is 14.3. The van der Waals surface area contributed by atoms with E-state index >= 15 is 0 Å². The van der Waals surface area contributed by atoms with Crippen LogP contribution in [0.25, 0.3) is 0 Å². The van der Waals surface area contributed by atoms with Crippen LogP contribution in [-0.4, -0.2) is 65.7 Å². The van der Waals surface area contributed by atoms with E-state index < -0.39 is 5.60 Å². The second-order valence-electron chi connectivity index (χ2n) is 7.04. The maximum absolute atomic E-state index is 12.5. The monoisotopic (exact) mass is 332 g/mol. The fraction of sp³-hybridized carbons (Fsp3) is 0.632. The molecule has 0 saturated carbocycles. The molecule has 0 aliphatic carbocycles. The van der Waals surface area contributed by atoms with Gasteiger partial charge in [0.2, 0.25) is 5.91 Å². The van der Waals surface area contributed by atoms with Crippen LogP contribution in [0.2, 0.25) is 0 Å². The maximum atomic E-state index is 12.5. The molecule has 3 rings (SSSR count). The number of amides is 1.